The summed E-state index contributed by atoms with van der Waals surface area (Å²) in [6, 6.07) is 3.21. The van der Waals surface area contributed by atoms with Crippen molar-refractivity contribution in [2.24, 2.45) is 16.5 Å². The van der Waals surface area contributed by atoms with Crippen LogP contribution in [0.3, 0.4) is 0 Å². The molecule has 0 saturated heterocycles. The maximum atomic E-state index is 14.0. The lowest BCUT2D eigenvalue weighted by atomic mass is 9.88. The van der Waals surface area contributed by atoms with Gasteiger partial charge in [0, 0.05) is 11.1 Å². The molecule has 19 heavy (non-hydrogen) atoms. The third-order valence-corrected chi connectivity index (χ3v) is 3.11. The van der Waals surface area contributed by atoms with E-state index >= 15 is 0 Å². The summed E-state index contributed by atoms with van der Waals surface area (Å²) >= 11 is 0. The Labute approximate surface area is 108 Å². The minimum absolute atomic E-state index is 0.0644. The average Bonchev–Trinajstić information content (AvgIpc) is 2.34. The fourth-order valence-corrected chi connectivity index (χ4v) is 1.94. The van der Waals surface area contributed by atoms with Crippen molar-refractivity contribution < 1.29 is 18.3 Å². The summed E-state index contributed by atoms with van der Waals surface area (Å²) in [5.41, 5.74) is 8.84. The second kappa shape index (κ2) is 4.49. The highest BCUT2D eigenvalue weighted by atomic mass is 19.1. The molecule has 1 heterocycles. The van der Waals surface area contributed by atoms with E-state index in [1.807, 2.05) is 0 Å². The van der Waals surface area contributed by atoms with Crippen molar-refractivity contribution in [1.29, 1.82) is 0 Å². The van der Waals surface area contributed by atoms with Crippen molar-refractivity contribution >= 4 is 11.9 Å². The smallest absolute Gasteiger partial charge is 0.283 e. The topological polar surface area (TPSA) is 90.7 Å². The number of carbonyl (C=O) groups excluding carboxylic acids is 1. The number of nitrogens with two attached hydrogens (primary N) is 2. The van der Waals surface area contributed by atoms with E-state index in [2.05, 4.69) is 4.99 Å². The highest BCUT2D eigenvalue weighted by molar-refractivity contribution is 5.93. The first-order valence-electron chi connectivity index (χ1n) is 5.57. The quantitative estimate of drug-likeness (QED) is 0.832. The SMILES string of the molecule is C[C@]1(c2cc(C(N)=O)ccc2F)OC(N)=NC[C@H]1F. The first kappa shape index (κ1) is 13.3. The van der Waals surface area contributed by atoms with Gasteiger partial charge in [-0.25, -0.2) is 13.8 Å². The van der Waals surface area contributed by atoms with Gasteiger partial charge in [-0.05, 0) is 25.1 Å². The number of carbonyl (C=O) groups is 1. The summed E-state index contributed by atoms with van der Waals surface area (Å²) in [6.45, 7) is 1.12. The summed E-state index contributed by atoms with van der Waals surface area (Å²) in [7, 11) is 0. The van der Waals surface area contributed by atoms with E-state index in [4.69, 9.17) is 16.2 Å². The van der Waals surface area contributed by atoms with Crippen molar-refractivity contribution in [3.05, 3.63) is 35.1 Å². The van der Waals surface area contributed by atoms with E-state index in [1.54, 1.807) is 0 Å². The number of halogens is 2. The third kappa shape index (κ3) is 2.23. The second-order valence-corrected chi connectivity index (χ2v) is 4.41. The highest BCUT2D eigenvalue weighted by Crippen LogP contribution is 2.35. The number of ether oxygens (including phenoxy) is 1. The largest absolute Gasteiger partial charge is 0.451 e. The number of primary amides is 1. The van der Waals surface area contributed by atoms with E-state index < -0.39 is 23.5 Å². The Morgan fingerprint density at radius 3 is 2.89 bits per heavy atom. The predicted octanol–water partition coefficient (Wildman–Crippen LogP) is 0.823. The van der Waals surface area contributed by atoms with Crippen LogP contribution in [0.1, 0.15) is 22.8 Å². The standard InChI is InChI=1S/C12H13F2N3O2/c1-12(9(14)5-17-11(16)19-12)7-4-6(10(15)18)2-3-8(7)13/h2-4,9H,5H2,1H3,(H2,15,18)(H2,16,17)/t9-,12-/m1/s1. The van der Waals surface area contributed by atoms with Gasteiger partial charge in [-0.15, -0.1) is 0 Å². The van der Waals surface area contributed by atoms with Gasteiger partial charge in [0.2, 0.25) is 5.91 Å². The normalized spacial score (nSPS) is 26.5. The minimum atomic E-state index is -1.64. The number of amides is 1. The summed E-state index contributed by atoms with van der Waals surface area (Å²) in [5, 5.41) is 0. The molecule has 102 valence electrons. The van der Waals surface area contributed by atoms with Gasteiger partial charge in [-0.2, -0.15) is 0 Å². The van der Waals surface area contributed by atoms with Gasteiger partial charge in [0.1, 0.15) is 5.82 Å². The van der Waals surface area contributed by atoms with Gasteiger partial charge < -0.3 is 16.2 Å². The maximum absolute atomic E-state index is 14.0. The molecule has 2 atom stereocenters. The molecule has 1 aromatic carbocycles. The lowest BCUT2D eigenvalue weighted by molar-refractivity contribution is -0.0232. The van der Waals surface area contributed by atoms with E-state index in [1.165, 1.54) is 19.1 Å². The first-order valence-corrected chi connectivity index (χ1v) is 5.57. The lowest BCUT2D eigenvalue weighted by Gasteiger charge is -2.36. The van der Waals surface area contributed by atoms with Crippen molar-refractivity contribution in [2.45, 2.75) is 18.7 Å². The molecule has 1 amide bonds. The molecule has 2 rings (SSSR count). The van der Waals surface area contributed by atoms with E-state index in [0.29, 0.717) is 0 Å². The Morgan fingerprint density at radius 1 is 1.58 bits per heavy atom. The fourth-order valence-electron chi connectivity index (χ4n) is 1.94. The number of nitrogens with zero attached hydrogens (tertiary/aromatic N) is 1. The zero-order valence-electron chi connectivity index (χ0n) is 10.2. The maximum Gasteiger partial charge on any atom is 0.283 e. The third-order valence-electron chi connectivity index (χ3n) is 3.11. The van der Waals surface area contributed by atoms with Crippen LogP contribution < -0.4 is 11.5 Å². The number of hydrogen-bond acceptors (Lipinski definition) is 4. The minimum Gasteiger partial charge on any atom is -0.451 e. The van der Waals surface area contributed by atoms with E-state index in [-0.39, 0.29) is 23.7 Å². The summed E-state index contributed by atoms with van der Waals surface area (Å²) < 4.78 is 33.1. The van der Waals surface area contributed by atoms with Crippen LogP contribution in [-0.2, 0) is 10.3 Å². The molecule has 0 saturated carbocycles. The number of aliphatic imine (C=N–C) groups is 1. The molecular formula is C12H13F2N3O2. The average molecular weight is 269 g/mol. The summed E-state index contributed by atoms with van der Waals surface area (Å²) in [6.07, 6.45) is -1.59. The number of alkyl halides is 1. The molecule has 0 unspecified atom stereocenters. The van der Waals surface area contributed by atoms with Gasteiger partial charge in [-0.3, -0.25) is 4.79 Å². The van der Waals surface area contributed by atoms with Gasteiger partial charge in [0.05, 0.1) is 6.54 Å². The van der Waals surface area contributed by atoms with Crippen LogP contribution in [0.15, 0.2) is 23.2 Å². The molecule has 5 nitrogen and oxygen atoms in total. The monoisotopic (exact) mass is 269 g/mol. The van der Waals surface area contributed by atoms with Gasteiger partial charge in [0.25, 0.3) is 6.02 Å². The van der Waals surface area contributed by atoms with Crippen molar-refractivity contribution in [3.8, 4) is 0 Å². The molecule has 0 radical (unpaired) electrons. The Morgan fingerprint density at radius 2 is 2.26 bits per heavy atom. The molecule has 0 fully saturated rings. The van der Waals surface area contributed by atoms with Gasteiger partial charge >= 0.3 is 0 Å². The van der Waals surface area contributed by atoms with Gasteiger partial charge in [-0.1, -0.05) is 0 Å². The molecule has 1 aromatic rings. The van der Waals surface area contributed by atoms with Crippen LogP contribution in [0.5, 0.6) is 0 Å². The van der Waals surface area contributed by atoms with Crippen molar-refractivity contribution in [3.63, 3.8) is 0 Å². The van der Waals surface area contributed by atoms with Crippen molar-refractivity contribution in [1.82, 2.24) is 0 Å². The number of amidine groups is 1. The van der Waals surface area contributed by atoms with Gasteiger partial charge in [0.15, 0.2) is 11.8 Å². The first-order chi connectivity index (χ1) is 8.84. The molecule has 4 N–H and O–H groups in total. The van der Waals surface area contributed by atoms with Crippen LogP contribution in [0.4, 0.5) is 8.78 Å². The zero-order valence-corrected chi connectivity index (χ0v) is 10.2. The molecule has 0 aliphatic carbocycles. The summed E-state index contributed by atoms with van der Waals surface area (Å²) in [5.74, 6) is -1.44. The highest BCUT2D eigenvalue weighted by Gasteiger charge is 2.44. The van der Waals surface area contributed by atoms with Crippen LogP contribution >= 0.6 is 0 Å². The summed E-state index contributed by atoms with van der Waals surface area (Å²) in [4.78, 5) is 14.7. The van der Waals surface area contributed by atoms with Crippen LogP contribution in [0.25, 0.3) is 0 Å². The van der Waals surface area contributed by atoms with E-state index in [9.17, 15) is 13.6 Å². The lowest BCUT2D eigenvalue weighted by Crippen LogP contribution is -2.46. The Bertz CT molecular complexity index is 562. The molecule has 1 aliphatic rings. The van der Waals surface area contributed by atoms with Crippen LogP contribution in [0, 0.1) is 5.82 Å². The molecular weight excluding hydrogens is 256 g/mol. The Hall–Kier alpha value is -2.18. The predicted molar refractivity (Wildman–Crippen MR) is 64.7 cm³/mol. The fraction of sp³-hybridized carbons (Fsp3) is 0.333. The van der Waals surface area contributed by atoms with Crippen molar-refractivity contribution in [2.75, 3.05) is 6.54 Å². The molecule has 1 aliphatic heterocycles. The molecule has 0 spiro atoms. The van der Waals surface area contributed by atoms with Crippen LogP contribution in [0.2, 0.25) is 0 Å². The Kier molecular flexibility index (Phi) is 3.13. The second-order valence-electron chi connectivity index (χ2n) is 4.41. The molecule has 0 bridgehead atoms. The van der Waals surface area contributed by atoms with Crippen LogP contribution in [-0.4, -0.2) is 24.6 Å². The molecule has 0 aromatic heterocycles. The Balaban J connectivity index is 2.53. The number of benzene rings is 1. The number of rotatable bonds is 2. The zero-order chi connectivity index (χ0) is 14.2. The number of hydrogen-bond donors (Lipinski definition) is 2. The van der Waals surface area contributed by atoms with E-state index in [0.717, 1.165) is 6.07 Å². The molecule has 7 heteroatoms.